The van der Waals surface area contributed by atoms with Crippen LogP contribution in [-0.4, -0.2) is 114 Å². The first-order valence-electron chi connectivity index (χ1n) is 30.1. The molecule has 0 aromatic carbocycles. The summed E-state index contributed by atoms with van der Waals surface area (Å²) in [6.45, 7) is 0.502. The van der Waals surface area contributed by atoms with E-state index in [0.717, 1.165) is 77.0 Å². The van der Waals surface area contributed by atoms with Crippen LogP contribution >= 0.6 is 0 Å². The van der Waals surface area contributed by atoms with Crippen molar-refractivity contribution in [3.8, 4) is 0 Å². The van der Waals surface area contributed by atoms with E-state index in [1.165, 1.54) is 81.7 Å². The van der Waals surface area contributed by atoms with Crippen molar-refractivity contribution in [2.24, 2.45) is 78.1 Å². The van der Waals surface area contributed by atoms with Crippen molar-refractivity contribution >= 4 is 35.9 Å². The molecule has 9 fully saturated rings. The zero-order valence-corrected chi connectivity index (χ0v) is 45.1. The van der Waals surface area contributed by atoms with E-state index in [0.29, 0.717) is 59.9 Å². The summed E-state index contributed by atoms with van der Waals surface area (Å²) in [7, 11) is 1.76. The predicted molar refractivity (Wildman–Crippen MR) is 274 cm³/mol. The molecule has 9 aliphatic rings. The molecule has 0 bridgehead atoms. The van der Waals surface area contributed by atoms with Crippen molar-refractivity contribution < 1.29 is 61.9 Å². The van der Waals surface area contributed by atoms with Crippen molar-refractivity contribution in [3.63, 3.8) is 0 Å². The summed E-state index contributed by atoms with van der Waals surface area (Å²) in [6, 6.07) is -0.302. The SMILES string of the molecule is Cn1ccn1C(=O)N(CCCC(=O)OC(COC(=O)C1CC2CCCCC2C1)COC(=O)C1CC2CCCCC2C1)CCCC(=O)OC(COC(=O)C1CC2CCCCC2C1)COC1(C2CC3CCCCC3C2)CO1. The van der Waals surface area contributed by atoms with Gasteiger partial charge < -0.3 is 38.1 Å². The van der Waals surface area contributed by atoms with Crippen LogP contribution < -0.4 is 0 Å². The number of carbonyl (C=O) groups is 6. The van der Waals surface area contributed by atoms with E-state index in [9.17, 15) is 28.8 Å². The van der Waals surface area contributed by atoms with Crippen LogP contribution in [0.5, 0.6) is 0 Å². The van der Waals surface area contributed by atoms with Gasteiger partial charge in [0.25, 0.3) is 0 Å². The van der Waals surface area contributed by atoms with Crippen LogP contribution in [0.4, 0.5) is 4.79 Å². The highest BCUT2D eigenvalue weighted by molar-refractivity contribution is 5.77. The Morgan fingerprint density at radius 2 is 0.867 bits per heavy atom. The third-order valence-electron chi connectivity index (χ3n) is 20.2. The number of aromatic nitrogens is 2. The molecule has 1 aromatic rings. The van der Waals surface area contributed by atoms with Crippen molar-refractivity contribution in [1.82, 2.24) is 14.3 Å². The fraction of sp³-hybridized carbons (Fsp3) is 0.864. The highest BCUT2D eigenvalue weighted by Gasteiger charge is 2.57. The molecule has 2 heterocycles. The van der Waals surface area contributed by atoms with Crippen LogP contribution in [0.2, 0.25) is 0 Å². The molecule has 75 heavy (non-hydrogen) atoms. The summed E-state index contributed by atoms with van der Waals surface area (Å²) < 4.78 is 45.2. The Bertz CT molecular complexity index is 2010. The number of hydrogen-bond acceptors (Lipinski definition) is 13. The highest BCUT2D eigenvalue weighted by atomic mass is 16.8. The van der Waals surface area contributed by atoms with E-state index in [2.05, 4.69) is 0 Å². The van der Waals surface area contributed by atoms with Gasteiger partial charge in [-0.15, -0.1) is 0 Å². The molecule has 1 aromatic heterocycles. The third-order valence-corrected chi connectivity index (χ3v) is 20.2. The van der Waals surface area contributed by atoms with Gasteiger partial charge in [-0.05, 0) is 112 Å². The molecule has 1 saturated heterocycles. The fourth-order valence-corrected chi connectivity index (χ4v) is 15.9. The largest absolute Gasteiger partial charge is 0.461 e. The number of rotatable bonds is 23. The molecule has 1 aliphatic heterocycles. The number of amides is 1. The second kappa shape index (κ2) is 25.3. The topological polar surface area (TPSA) is 183 Å². The van der Waals surface area contributed by atoms with Crippen LogP contribution in [0.1, 0.15) is 180 Å². The fourth-order valence-electron chi connectivity index (χ4n) is 15.9. The maximum atomic E-state index is 13.8. The molecule has 418 valence electrons. The third kappa shape index (κ3) is 13.9. The average Bonchev–Trinajstić information content (AvgIpc) is 3.85. The molecular weight excluding hydrogens is 959 g/mol. The maximum Gasteiger partial charge on any atom is 0.343 e. The molecule has 16 heteroatoms. The van der Waals surface area contributed by atoms with Crippen molar-refractivity contribution in [2.75, 3.05) is 46.1 Å². The zero-order valence-electron chi connectivity index (χ0n) is 45.1. The second-order valence-corrected chi connectivity index (χ2v) is 25.1. The first-order chi connectivity index (χ1) is 36.5. The van der Waals surface area contributed by atoms with E-state index in [1.54, 1.807) is 29.0 Å². The lowest BCUT2D eigenvalue weighted by Crippen LogP contribution is -2.41. The standard InChI is InChI=1S/C59H89N3O13/c1-60-24-25-62(60)58(68)61(22-10-20-53(63)74-51(34-69-55(65)47-26-39-12-2-3-13-40(39)27-47)35-70-56(66)48-28-41-14-4-5-15-42(41)29-48)23-11-21-54(64)75-52(36-71-57(67)49-30-43-16-6-7-17-44(43)31-49)37-72-59(38-73-59)50-32-45-18-8-9-19-46(45)33-50/h24-25,39-52H,2-23,26-38H2,1H3. The summed E-state index contributed by atoms with van der Waals surface area (Å²) in [6.07, 6.45) is 28.7. The van der Waals surface area contributed by atoms with Gasteiger partial charge in [-0.25, -0.2) is 9.48 Å². The van der Waals surface area contributed by atoms with Gasteiger partial charge in [0.05, 0.1) is 24.4 Å². The highest BCUT2D eigenvalue weighted by Crippen LogP contribution is 2.54. The van der Waals surface area contributed by atoms with Gasteiger partial charge in [0.15, 0.2) is 18.0 Å². The van der Waals surface area contributed by atoms with Crippen LogP contribution in [0.3, 0.4) is 0 Å². The normalized spacial score (nSPS) is 34.5. The summed E-state index contributed by atoms with van der Waals surface area (Å²) in [5, 5.41) is 0. The van der Waals surface area contributed by atoms with E-state index < -0.39 is 29.9 Å². The first kappa shape index (κ1) is 54.4. The number of hydrogen-bond donors (Lipinski definition) is 0. The molecule has 0 spiro atoms. The van der Waals surface area contributed by atoms with Gasteiger partial charge in [0.2, 0.25) is 0 Å². The molecule has 8 aliphatic carbocycles. The Kier molecular flexibility index (Phi) is 18.3. The van der Waals surface area contributed by atoms with Gasteiger partial charge >= 0.3 is 35.9 Å². The molecule has 10 unspecified atom stereocenters. The van der Waals surface area contributed by atoms with Crippen molar-refractivity contribution in [2.45, 2.75) is 198 Å². The Balaban J connectivity index is 0.713. The summed E-state index contributed by atoms with van der Waals surface area (Å²) in [5.74, 6) is 2.18. The lowest BCUT2D eigenvalue weighted by atomic mass is 9.82. The maximum absolute atomic E-state index is 13.8. The van der Waals surface area contributed by atoms with Gasteiger partial charge in [-0.1, -0.05) is 103 Å². The number of esters is 5. The second-order valence-electron chi connectivity index (χ2n) is 25.1. The lowest BCUT2D eigenvalue weighted by Gasteiger charge is -2.27. The quantitative estimate of drug-likeness (QED) is 0.0574. The number of epoxide rings is 1. The number of fused-ring (bicyclic) bond motifs is 4. The van der Waals surface area contributed by atoms with Gasteiger partial charge in [0.1, 0.15) is 26.4 Å². The van der Waals surface area contributed by atoms with Gasteiger partial charge in [0, 0.05) is 51.3 Å². The summed E-state index contributed by atoms with van der Waals surface area (Å²) >= 11 is 0. The molecule has 8 saturated carbocycles. The molecule has 0 N–H and O–H groups in total. The van der Waals surface area contributed by atoms with E-state index in [4.69, 9.17) is 33.2 Å². The molecule has 1 amide bonds. The zero-order chi connectivity index (χ0) is 51.9. The molecule has 0 radical (unpaired) electrons. The smallest absolute Gasteiger partial charge is 0.343 e. The van der Waals surface area contributed by atoms with Crippen LogP contribution in [-0.2, 0) is 64.2 Å². The number of nitrogens with zero attached hydrogens (tertiary/aromatic N) is 3. The average molecular weight is 1050 g/mol. The Labute approximate surface area is 445 Å². The minimum Gasteiger partial charge on any atom is -0.461 e. The Hall–Kier alpha value is -3.92. The van der Waals surface area contributed by atoms with Gasteiger partial charge in [-0.3, -0.25) is 28.7 Å². The summed E-state index contributed by atoms with van der Waals surface area (Å²) in [4.78, 5) is 82.8. The Morgan fingerprint density at radius 1 is 0.520 bits per heavy atom. The first-order valence-corrected chi connectivity index (χ1v) is 30.1. The monoisotopic (exact) mass is 1050 g/mol. The molecular formula is C59H89N3O13. The predicted octanol–water partition coefficient (Wildman–Crippen LogP) is 9.72. The number of carbonyl (C=O) groups excluding carboxylic acids is 6. The molecule has 16 nitrogen and oxygen atoms in total. The van der Waals surface area contributed by atoms with E-state index >= 15 is 0 Å². The van der Waals surface area contributed by atoms with Crippen molar-refractivity contribution in [1.29, 1.82) is 0 Å². The lowest BCUT2D eigenvalue weighted by molar-refractivity contribution is -0.172. The Morgan fingerprint density at radius 3 is 1.19 bits per heavy atom. The minimum absolute atomic E-state index is 0.00498. The minimum atomic E-state index is -0.958. The molecule has 10 atom stereocenters. The van der Waals surface area contributed by atoms with Crippen LogP contribution in [0.25, 0.3) is 0 Å². The van der Waals surface area contributed by atoms with E-state index in [1.807, 2.05) is 0 Å². The van der Waals surface area contributed by atoms with Crippen LogP contribution in [0.15, 0.2) is 12.4 Å². The number of ether oxygens (including phenoxy) is 7. The number of aryl methyl sites for hydroxylation is 1. The van der Waals surface area contributed by atoms with Gasteiger partial charge in [-0.2, -0.15) is 0 Å². The van der Waals surface area contributed by atoms with Crippen molar-refractivity contribution in [3.05, 3.63) is 12.4 Å². The van der Waals surface area contributed by atoms with E-state index in [-0.39, 0.29) is 107 Å². The summed E-state index contributed by atoms with van der Waals surface area (Å²) in [5.41, 5.74) is 0. The molecule has 10 rings (SSSR count). The van der Waals surface area contributed by atoms with Crippen LogP contribution in [0, 0.1) is 71.0 Å².